The molecule has 3 aromatic rings. The Bertz CT molecular complexity index is 795. The van der Waals surface area contributed by atoms with Gasteiger partial charge in [-0.05, 0) is 35.1 Å². The van der Waals surface area contributed by atoms with Gasteiger partial charge >= 0.3 is 0 Å². The number of hydrogen-bond donors (Lipinski definition) is 0. The lowest BCUT2D eigenvalue weighted by atomic mass is 10.1. The lowest BCUT2D eigenvalue weighted by molar-refractivity contribution is 0.101. The molecule has 0 saturated heterocycles. The van der Waals surface area contributed by atoms with E-state index >= 15 is 0 Å². The summed E-state index contributed by atoms with van der Waals surface area (Å²) in [6.45, 7) is 2.26. The second kappa shape index (κ2) is 6.39. The van der Waals surface area contributed by atoms with Gasteiger partial charge in [0.2, 0.25) is 0 Å². The maximum absolute atomic E-state index is 11.3. The van der Waals surface area contributed by atoms with Gasteiger partial charge < -0.3 is 0 Å². The van der Waals surface area contributed by atoms with Gasteiger partial charge in [0.05, 0.1) is 6.54 Å². The maximum atomic E-state index is 11.3. The molecule has 4 nitrogen and oxygen atoms in total. The highest BCUT2D eigenvalue weighted by Crippen LogP contribution is 2.23. The third-order valence-electron chi connectivity index (χ3n) is 3.41. The molecule has 0 radical (unpaired) electrons. The van der Waals surface area contributed by atoms with Crippen molar-refractivity contribution in [1.29, 1.82) is 0 Å². The van der Waals surface area contributed by atoms with E-state index in [2.05, 4.69) is 45.0 Å². The normalized spacial score (nSPS) is 10.6. The molecule has 5 heteroatoms. The Morgan fingerprint density at radius 2 is 1.77 bits per heavy atom. The molecule has 0 amide bonds. The Morgan fingerprint density at radius 3 is 2.41 bits per heavy atom. The van der Waals surface area contributed by atoms with Crippen molar-refractivity contribution in [1.82, 2.24) is 15.0 Å². The number of hydrogen-bond acceptors (Lipinski definition) is 3. The van der Waals surface area contributed by atoms with Crippen LogP contribution in [0.4, 0.5) is 0 Å². The van der Waals surface area contributed by atoms with Crippen molar-refractivity contribution in [3.05, 3.63) is 69.4 Å². The fraction of sp³-hybridized carbons (Fsp3) is 0.118. The predicted octanol–water partition coefficient (Wildman–Crippen LogP) is 3.80. The van der Waals surface area contributed by atoms with E-state index in [1.54, 1.807) is 6.92 Å². The summed E-state index contributed by atoms with van der Waals surface area (Å²) in [5.41, 5.74) is 3.69. The Hall–Kier alpha value is -2.02. The molecule has 0 bridgehead atoms. The molecule has 0 fully saturated rings. The molecule has 0 aliphatic heterocycles. The fourth-order valence-electron chi connectivity index (χ4n) is 2.20. The summed E-state index contributed by atoms with van der Waals surface area (Å²) in [7, 11) is 0. The molecule has 0 N–H and O–H groups in total. The number of rotatable bonds is 4. The van der Waals surface area contributed by atoms with Gasteiger partial charge in [0, 0.05) is 11.1 Å². The number of Topliss-reactive ketones (excluding diaryl/α,β-unsaturated/α-hetero) is 1. The van der Waals surface area contributed by atoms with Gasteiger partial charge in [-0.25, -0.2) is 4.68 Å². The third-order valence-corrected chi connectivity index (χ3v) is 4.48. The lowest BCUT2D eigenvalue weighted by Crippen LogP contribution is -2.03. The van der Waals surface area contributed by atoms with Crippen LogP contribution in [0.2, 0.25) is 0 Å². The predicted molar refractivity (Wildman–Crippen MR) is 93.7 cm³/mol. The summed E-state index contributed by atoms with van der Waals surface area (Å²) >= 11 is 2.26. The third kappa shape index (κ3) is 3.09. The van der Waals surface area contributed by atoms with Gasteiger partial charge in [-0.15, -0.1) is 5.10 Å². The van der Waals surface area contributed by atoms with E-state index in [-0.39, 0.29) is 5.78 Å². The van der Waals surface area contributed by atoms with E-state index < -0.39 is 0 Å². The largest absolute Gasteiger partial charge is 0.295 e. The molecule has 0 atom stereocenters. The summed E-state index contributed by atoms with van der Waals surface area (Å²) in [4.78, 5) is 11.3. The monoisotopic (exact) mass is 403 g/mol. The molecule has 3 rings (SSSR count). The molecule has 2 aromatic carbocycles. The standard InChI is InChI=1S/C17H14IN3O/c1-12(22)14-7-9-15(10-8-14)16-17(18)21(20-19-16)11-13-5-3-2-4-6-13/h2-10H,11H2,1H3. The van der Waals surface area contributed by atoms with Crippen LogP contribution >= 0.6 is 22.6 Å². The molecule has 1 aromatic heterocycles. The molecule has 110 valence electrons. The second-order valence-electron chi connectivity index (χ2n) is 5.01. The van der Waals surface area contributed by atoms with Gasteiger partial charge in [-0.2, -0.15) is 0 Å². The zero-order valence-electron chi connectivity index (χ0n) is 12.0. The summed E-state index contributed by atoms with van der Waals surface area (Å²) in [6.07, 6.45) is 0. The summed E-state index contributed by atoms with van der Waals surface area (Å²) in [6, 6.07) is 17.6. The van der Waals surface area contributed by atoms with Gasteiger partial charge in [0.25, 0.3) is 0 Å². The van der Waals surface area contributed by atoms with Gasteiger partial charge in [-0.1, -0.05) is 59.8 Å². The van der Waals surface area contributed by atoms with Crippen LogP contribution in [0.25, 0.3) is 11.3 Å². The highest BCUT2D eigenvalue weighted by atomic mass is 127. The van der Waals surface area contributed by atoms with Crippen LogP contribution in [0.1, 0.15) is 22.8 Å². The van der Waals surface area contributed by atoms with E-state index in [1.165, 1.54) is 5.56 Å². The molecule has 0 unspecified atom stereocenters. The van der Waals surface area contributed by atoms with Crippen LogP contribution < -0.4 is 0 Å². The number of ketones is 1. The van der Waals surface area contributed by atoms with Crippen molar-refractivity contribution >= 4 is 28.4 Å². The van der Waals surface area contributed by atoms with Crippen molar-refractivity contribution in [2.75, 3.05) is 0 Å². The number of carbonyl (C=O) groups is 1. The van der Waals surface area contributed by atoms with Crippen LogP contribution in [-0.4, -0.2) is 20.8 Å². The highest BCUT2D eigenvalue weighted by molar-refractivity contribution is 14.1. The Balaban J connectivity index is 1.88. The van der Waals surface area contributed by atoms with E-state index in [0.717, 1.165) is 15.0 Å². The number of nitrogens with zero attached hydrogens (tertiary/aromatic N) is 3. The Morgan fingerprint density at radius 1 is 1.09 bits per heavy atom. The lowest BCUT2D eigenvalue weighted by Gasteiger charge is -2.03. The molecule has 0 aliphatic rings. The first kappa shape index (κ1) is 14.9. The topological polar surface area (TPSA) is 47.8 Å². The molecule has 0 spiro atoms. The molecule has 22 heavy (non-hydrogen) atoms. The Kier molecular flexibility index (Phi) is 4.33. The van der Waals surface area contributed by atoms with E-state index in [4.69, 9.17) is 0 Å². The molecular weight excluding hydrogens is 389 g/mol. The van der Waals surface area contributed by atoms with Crippen molar-refractivity contribution in [3.63, 3.8) is 0 Å². The van der Waals surface area contributed by atoms with Gasteiger partial charge in [0.15, 0.2) is 5.78 Å². The molecular formula is C17H14IN3O. The van der Waals surface area contributed by atoms with E-state index in [0.29, 0.717) is 12.1 Å². The zero-order chi connectivity index (χ0) is 15.5. The summed E-state index contributed by atoms with van der Waals surface area (Å²) < 4.78 is 2.86. The van der Waals surface area contributed by atoms with Gasteiger partial charge in [0.1, 0.15) is 9.39 Å². The van der Waals surface area contributed by atoms with Crippen molar-refractivity contribution < 1.29 is 4.79 Å². The van der Waals surface area contributed by atoms with Gasteiger partial charge in [-0.3, -0.25) is 4.79 Å². The molecule has 0 saturated carbocycles. The second-order valence-corrected chi connectivity index (χ2v) is 6.03. The minimum Gasteiger partial charge on any atom is -0.295 e. The van der Waals surface area contributed by atoms with Crippen molar-refractivity contribution in [3.8, 4) is 11.3 Å². The average Bonchev–Trinajstić information content (AvgIpc) is 2.89. The first-order valence-corrected chi connectivity index (χ1v) is 7.97. The zero-order valence-corrected chi connectivity index (χ0v) is 14.2. The first-order valence-electron chi connectivity index (χ1n) is 6.89. The van der Waals surface area contributed by atoms with E-state index in [9.17, 15) is 4.79 Å². The quantitative estimate of drug-likeness (QED) is 0.492. The number of benzene rings is 2. The van der Waals surface area contributed by atoms with Crippen LogP contribution in [0, 0.1) is 3.70 Å². The number of carbonyl (C=O) groups excluding carboxylic acids is 1. The van der Waals surface area contributed by atoms with Crippen molar-refractivity contribution in [2.24, 2.45) is 0 Å². The van der Waals surface area contributed by atoms with Crippen LogP contribution in [-0.2, 0) is 6.54 Å². The van der Waals surface area contributed by atoms with E-state index in [1.807, 2.05) is 47.1 Å². The maximum Gasteiger partial charge on any atom is 0.159 e. The summed E-state index contributed by atoms with van der Waals surface area (Å²) in [5, 5.41) is 8.51. The van der Waals surface area contributed by atoms with Crippen LogP contribution in [0.15, 0.2) is 54.6 Å². The molecule has 1 heterocycles. The fourth-order valence-corrected chi connectivity index (χ4v) is 2.88. The smallest absolute Gasteiger partial charge is 0.159 e. The average molecular weight is 403 g/mol. The Labute approximate surface area is 142 Å². The number of aromatic nitrogens is 3. The minimum atomic E-state index is 0.0639. The van der Waals surface area contributed by atoms with Crippen molar-refractivity contribution in [2.45, 2.75) is 13.5 Å². The number of halogens is 1. The minimum absolute atomic E-state index is 0.0639. The first-order chi connectivity index (χ1) is 10.6. The summed E-state index contributed by atoms with van der Waals surface area (Å²) in [5.74, 6) is 0.0639. The molecule has 0 aliphatic carbocycles. The van der Waals surface area contributed by atoms with Crippen LogP contribution in [0.5, 0.6) is 0 Å². The highest BCUT2D eigenvalue weighted by Gasteiger charge is 2.12. The SMILES string of the molecule is CC(=O)c1ccc(-c2nnn(Cc3ccccc3)c2I)cc1. The van der Waals surface area contributed by atoms with Crippen LogP contribution in [0.3, 0.4) is 0 Å².